The van der Waals surface area contributed by atoms with Gasteiger partial charge in [0.25, 0.3) is 5.91 Å². The van der Waals surface area contributed by atoms with Crippen LogP contribution >= 0.6 is 0 Å². The van der Waals surface area contributed by atoms with Crippen LogP contribution in [-0.2, 0) is 14.8 Å². The molecule has 0 aromatic heterocycles. The lowest BCUT2D eigenvalue weighted by atomic mass is 10.2. The SMILES string of the molecule is CN(CC(=O)O)C(=O)c1ccccc1S(=O)(=O)N1CCCCC1. The molecule has 1 aliphatic rings. The van der Waals surface area contributed by atoms with E-state index in [0.717, 1.165) is 24.2 Å². The van der Waals surface area contributed by atoms with E-state index < -0.39 is 28.4 Å². The van der Waals surface area contributed by atoms with Crippen molar-refractivity contribution in [3.63, 3.8) is 0 Å². The fraction of sp³-hybridized carbons (Fsp3) is 0.467. The molecule has 0 saturated carbocycles. The maximum absolute atomic E-state index is 12.8. The number of aliphatic carboxylic acids is 1. The number of carboxylic acids is 1. The summed E-state index contributed by atoms with van der Waals surface area (Å²) < 4.78 is 27.0. The zero-order chi connectivity index (χ0) is 17.0. The van der Waals surface area contributed by atoms with Crippen molar-refractivity contribution in [2.24, 2.45) is 0 Å². The first-order chi connectivity index (χ1) is 10.8. The maximum Gasteiger partial charge on any atom is 0.323 e. The Kier molecular flexibility index (Phi) is 5.38. The third kappa shape index (κ3) is 3.89. The topological polar surface area (TPSA) is 95.0 Å². The molecule has 7 nitrogen and oxygen atoms in total. The van der Waals surface area contributed by atoms with E-state index in [0.29, 0.717) is 13.1 Å². The molecule has 2 rings (SSSR count). The minimum absolute atomic E-state index is 0.00169. The number of benzene rings is 1. The molecule has 0 aliphatic carbocycles. The van der Waals surface area contributed by atoms with Crippen molar-refractivity contribution in [1.82, 2.24) is 9.21 Å². The number of hydrogen-bond acceptors (Lipinski definition) is 4. The van der Waals surface area contributed by atoms with Gasteiger partial charge >= 0.3 is 5.97 Å². The first-order valence-electron chi connectivity index (χ1n) is 7.40. The summed E-state index contributed by atoms with van der Waals surface area (Å²) in [6.07, 6.45) is 2.59. The quantitative estimate of drug-likeness (QED) is 0.863. The minimum atomic E-state index is -3.76. The van der Waals surface area contributed by atoms with Crippen LogP contribution in [0.4, 0.5) is 0 Å². The van der Waals surface area contributed by atoms with E-state index in [4.69, 9.17) is 5.11 Å². The van der Waals surface area contributed by atoms with Crippen LogP contribution < -0.4 is 0 Å². The molecule has 1 aromatic carbocycles. The van der Waals surface area contributed by atoms with Crippen molar-refractivity contribution in [2.45, 2.75) is 24.2 Å². The Balaban J connectivity index is 2.37. The molecule has 0 radical (unpaired) electrons. The predicted octanol–water partition coefficient (Wildman–Crippen LogP) is 1.02. The summed E-state index contributed by atoms with van der Waals surface area (Å²) in [6.45, 7) is 0.391. The lowest BCUT2D eigenvalue weighted by Gasteiger charge is -2.27. The van der Waals surface area contributed by atoms with Crippen molar-refractivity contribution < 1.29 is 23.1 Å². The van der Waals surface area contributed by atoms with E-state index in [9.17, 15) is 18.0 Å². The van der Waals surface area contributed by atoms with Crippen LogP contribution in [0.2, 0.25) is 0 Å². The second-order valence-corrected chi connectivity index (χ2v) is 7.42. The van der Waals surface area contributed by atoms with E-state index in [-0.39, 0.29) is 10.5 Å². The number of piperidine rings is 1. The van der Waals surface area contributed by atoms with E-state index in [1.54, 1.807) is 12.1 Å². The Morgan fingerprint density at radius 2 is 1.78 bits per heavy atom. The van der Waals surface area contributed by atoms with Crippen molar-refractivity contribution in [2.75, 3.05) is 26.7 Å². The number of carbonyl (C=O) groups excluding carboxylic acids is 1. The Labute approximate surface area is 135 Å². The standard InChI is InChI=1S/C15H20N2O5S/c1-16(11-14(18)19)15(20)12-7-3-4-8-13(12)23(21,22)17-9-5-2-6-10-17/h3-4,7-8H,2,5-6,9-11H2,1H3,(H,18,19). The summed E-state index contributed by atoms with van der Waals surface area (Å²) in [5.41, 5.74) is 0.00169. The summed E-state index contributed by atoms with van der Waals surface area (Å²) in [5, 5.41) is 8.79. The van der Waals surface area contributed by atoms with Gasteiger partial charge in [-0.25, -0.2) is 8.42 Å². The smallest absolute Gasteiger partial charge is 0.323 e. The summed E-state index contributed by atoms with van der Waals surface area (Å²) >= 11 is 0. The molecular formula is C15H20N2O5S. The molecule has 126 valence electrons. The highest BCUT2D eigenvalue weighted by molar-refractivity contribution is 7.89. The van der Waals surface area contributed by atoms with E-state index in [1.165, 1.54) is 23.5 Å². The van der Waals surface area contributed by atoms with Crippen LogP contribution in [0.5, 0.6) is 0 Å². The largest absolute Gasteiger partial charge is 0.480 e. The van der Waals surface area contributed by atoms with Gasteiger partial charge in [-0.1, -0.05) is 18.6 Å². The van der Waals surface area contributed by atoms with E-state index in [2.05, 4.69) is 0 Å². The molecule has 1 amide bonds. The number of amides is 1. The second-order valence-electron chi connectivity index (χ2n) is 5.52. The Morgan fingerprint density at radius 1 is 1.17 bits per heavy atom. The predicted molar refractivity (Wildman–Crippen MR) is 83.6 cm³/mol. The average Bonchev–Trinajstić information content (AvgIpc) is 2.54. The highest BCUT2D eigenvalue weighted by Gasteiger charge is 2.30. The monoisotopic (exact) mass is 340 g/mol. The third-order valence-corrected chi connectivity index (χ3v) is 5.73. The number of sulfonamides is 1. The lowest BCUT2D eigenvalue weighted by molar-refractivity contribution is -0.137. The molecule has 0 bridgehead atoms. The number of carboxylic acid groups (broad SMARTS) is 1. The van der Waals surface area contributed by atoms with Gasteiger partial charge in [0.15, 0.2) is 0 Å². The van der Waals surface area contributed by atoms with Gasteiger partial charge < -0.3 is 10.0 Å². The van der Waals surface area contributed by atoms with Crippen LogP contribution in [-0.4, -0.2) is 61.3 Å². The molecule has 1 aromatic rings. The highest BCUT2D eigenvalue weighted by atomic mass is 32.2. The summed E-state index contributed by atoms with van der Waals surface area (Å²) in [6, 6.07) is 5.94. The minimum Gasteiger partial charge on any atom is -0.480 e. The zero-order valence-corrected chi connectivity index (χ0v) is 13.8. The van der Waals surface area contributed by atoms with Gasteiger partial charge in [0.05, 0.1) is 10.5 Å². The first-order valence-corrected chi connectivity index (χ1v) is 8.84. The molecule has 1 aliphatic heterocycles. The number of likely N-dealkylation sites (N-methyl/N-ethyl adjacent to an activating group) is 1. The molecule has 23 heavy (non-hydrogen) atoms. The number of nitrogens with zero attached hydrogens (tertiary/aromatic N) is 2. The third-order valence-electron chi connectivity index (χ3n) is 3.77. The average molecular weight is 340 g/mol. The Morgan fingerprint density at radius 3 is 2.39 bits per heavy atom. The van der Waals surface area contributed by atoms with Gasteiger partial charge in [-0.3, -0.25) is 9.59 Å². The van der Waals surface area contributed by atoms with E-state index >= 15 is 0 Å². The molecule has 1 heterocycles. The van der Waals surface area contributed by atoms with Crippen LogP contribution in [0.3, 0.4) is 0 Å². The van der Waals surface area contributed by atoms with Crippen LogP contribution in [0.1, 0.15) is 29.6 Å². The number of rotatable bonds is 5. The van der Waals surface area contributed by atoms with Crippen molar-refractivity contribution in [3.8, 4) is 0 Å². The van der Waals surface area contributed by atoms with Gasteiger partial charge in [-0.15, -0.1) is 0 Å². The molecule has 0 unspecified atom stereocenters. The summed E-state index contributed by atoms with van der Waals surface area (Å²) in [4.78, 5) is 24.1. The molecule has 1 fully saturated rings. The van der Waals surface area contributed by atoms with Crippen LogP contribution in [0.15, 0.2) is 29.2 Å². The summed E-state index contributed by atoms with van der Waals surface area (Å²) in [7, 11) is -2.43. The van der Waals surface area contributed by atoms with Gasteiger partial charge in [0.1, 0.15) is 6.54 Å². The molecular weight excluding hydrogens is 320 g/mol. The normalized spacial score (nSPS) is 16.0. The van der Waals surface area contributed by atoms with Crippen molar-refractivity contribution in [3.05, 3.63) is 29.8 Å². The Bertz CT molecular complexity index is 696. The molecule has 8 heteroatoms. The lowest BCUT2D eigenvalue weighted by Crippen LogP contribution is -2.38. The molecule has 0 atom stereocenters. The van der Waals surface area contributed by atoms with E-state index in [1.807, 2.05) is 0 Å². The maximum atomic E-state index is 12.8. The summed E-state index contributed by atoms with van der Waals surface area (Å²) in [5.74, 6) is -1.78. The number of carbonyl (C=O) groups is 2. The highest BCUT2D eigenvalue weighted by Crippen LogP contribution is 2.24. The first kappa shape index (κ1) is 17.4. The molecule has 1 saturated heterocycles. The molecule has 0 spiro atoms. The van der Waals surface area contributed by atoms with Crippen molar-refractivity contribution in [1.29, 1.82) is 0 Å². The fourth-order valence-electron chi connectivity index (χ4n) is 2.59. The Hall–Kier alpha value is -1.93. The fourth-order valence-corrected chi connectivity index (χ4v) is 4.29. The second kappa shape index (κ2) is 7.10. The van der Waals surface area contributed by atoms with Gasteiger partial charge in [-0.2, -0.15) is 4.31 Å². The van der Waals surface area contributed by atoms with Crippen molar-refractivity contribution >= 4 is 21.9 Å². The van der Waals surface area contributed by atoms with Crippen LogP contribution in [0.25, 0.3) is 0 Å². The van der Waals surface area contributed by atoms with Gasteiger partial charge in [0, 0.05) is 20.1 Å². The molecule has 1 N–H and O–H groups in total. The number of hydrogen-bond donors (Lipinski definition) is 1. The zero-order valence-electron chi connectivity index (χ0n) is 12.9. The van der Waals surface area contributed by atoms with Crippen LogP contribution in [0, 0.1) is 0 Å². The van der Waals surface area contributed by atoms with Gasteiger partial charge in [-0.05, 0) is 25.0 Å². The van der Waals surface area contributed by atoms with Gasteiger partial charge in [0.2, 0.25) is 10.0 Å².